The normalized spacial score (nSPS) is 26.5. The Morgan fingerprint density at radius 1 is 1.33 bits per heavy atom. The van der Waals surface area contributed by atoms with Crippen molar-refractivity contribution in [2.45, 2.75) is 25.0 Å². The predicted molar refractivity (Wildman–Crippen MR) is 52.0 cm³/mol. The number of ether oxygens (including phenoxy) is 1. The molecule has 1 aromatic rings. The number of hydrogen-bond acceptors (Lipinski definition) is 3. The van der Waals surface area contributed by atoms with Crippen LogP contribution in [0.2, 0.25) is 0 Å². The number of aromatic hydroxyl groups is 1. The van der Waals surface area contributed by atoms with Gasteiger partial charge in [0.05, 0.1) is 12.2 Å². The van der Waals surface area contributed by atoms with Crippen LogP contribution in [0.3, 0.4) is 0 Å². The van der Waals surface area contributed by atoms with Gasteiger partial charge < -0.3 is 14.9 Å². The molecule has 2 atom stereocenters. The van der Waals surface area contributed by atoms with Crippen molar-refractivity contribution in [3.8, 4) is 5.75 Å². The highest BCUT2D eigenvalue weighted by atomic mass is 19.1. The lowest BCUT2D eigenvalue weighted by Crippen LogP contribution is -2.23. The van der Waals surface area contributed by atoms with E-state index in [-0.39, 0.29) is 11.9 Å². The average molecular weight is 212 g/mol. The minimum Gasteiger partial charge on any atom is -0.508 e. The van der Waals surface area contributed by atoms with Gasteiger partial charge in [-0.25, -0.2) is 4.39 Å². The molecule has 1 aliphatic heterocycles. The largest absolute Gasteiger partial charge is 0.508 e. The van der Waals surface area contributed by atoms with Gasteiger partial charge in [-0.3, -0.25) is 0 Å². The second-order valence-corrected chi connectivity index (χ2v) is 3.78. The number of phenols is 1. The molecule has 1 saturated heterocycles. The molecule has 0 bridgehead atoms. The lowest BCUT2D eigenvalue weighted by molar-refractivity contribution is -0.0449. The number of aliphatic hydroxyl groups is 1. The van der Waals surface area contributed by atoms with Crippen LogP contribution in [-0.2, 0) is 4.74 Å². The molecule has 1 fully saturated rings. The van der Waals surface area contributed by atoms with Gasteiger partial charge in [-0.15, -0.1) is 0 Å². The van der Waals surface area contributed by atoms with Crippen LogP contribution in [0.1, 0.15) is 24.5 Å². The first-order chi connectivity index (χ1) is 7.15. The van der Waals surface area contributed by atoms with E-state index in [1.54, 1.807) is 0 Å². The Balaban J connectivity index is 2.20. The van der Waals surface area contributed by atoms with Gasteiger partial charge in [0.2, 0.25) is 0 Å². The van der Waals surface area contributed by atoms with Gasteiger partial charge in [0, 0.05) is 19.1 Å². The molecule has 15 heavy (non-hydrogen) atoms. The standard InChI is InChI=1S/C11H13FO3/c12-8-3-7(4-10(14)5-8)11-6-9(13)1-2-15-11/h3-5,9,11,13-14H,1-2,6H2. The molecular weight excluding hydrogens is 199 g/mol. The third kappa shape index (κ3) is 2.46. The smallest absolute Gasteiger partial charge is 0.127 e. The van der Waals surface area contributed by atoms with Crippen LogP contribution in [0, 0.1) is 5.82 Å². The zero-order chi connectivity index (χ0) is 10.8. The van der Waals surface area contributed by atoms with Crippen molar-refractivity contribution in [1.29, 1.82) is 0 Å². The SMILES string of the molecule is Oc1cc(F)cc(C2CC(O)CCO2)c1. The van der Waals surface area contributed by atoms with Gasteiger partial charge in [0.1, 0.15) is 11.6 Å². The van der Waals surface area contributed by atoms with E-state index in [1.165, 1.54) is 12.1 Å². The number of rotatable bonds is 1. The molecule has 2 unspecified atom stereocenters. The minimum absolute atomic E-state index is 0.117. The van der Waals surface area contributed by atoms with Crippen molar-refractivity contribution in [3.05, 3.63) is 29.6 Å². The molecule has 0 aromatic heterocycles. The van der Waals surface area contributed by atoms with Gasteiger partial charge >= 0.3 is 0 Å². The topological polar surface area (TPSA) is 49.7 Å². The molecule has 0 spiro atoms. The van der Waals surface area contributed by atoms with Crippen molar-refractivity contribution < 1.29 is 19.3 Å². The van der Waals surface area contributed by atoms with Crippen molar-refractivity contribution in [1.82, 2.24) is 0 Å². The number of hydrogen-bond donors (Lipinski definition) is 2. The van der Waals surface area contributed by atoms with Crippen LogP contribution in [0.25, 0.3) is 0 Å². The summed E-state index contributed by atoms with van der Waals surface area (Å²) in [6.07, 6.45) is 0.324. The summed E-state index contributed by atoms with van der Waals surface area (Å²) in [5, 5.41) is 18.7. The van der Waals surface area contributed by atoms with Crippen LogP contribution in [0.15, 0.2) is 18.2 Å². The van der Waals surface area contributed by atoms with Crippen LogP contribution in [-0.4, -0.2) is 22.9 Å². The molecule has 1 heterocycles. The van der Waals surface area contributed by atoms with Crippen molar-refractivity contribution in [2.75, 3.05) is 6.61 Å². The zero-order valence-corrected chi connectivity index (χ0v) is 8.19. The third-order valence-electron chi connectivity index (χ3n) is 2.53. The maximum absolute atomic E-state index is 13.0. The van der Waals surface area contributed by atoms with E-state index in [4.69, 9.17) is 4.74 Å². The van der Waals surface area contributed by atoms with E-state index < -0.39 is 11.9 Å². The molecule has 0 radical (unpaired) electrons. The summed E-state index contributed by atoms with van der Waals surface area (Å²) in [6, 6.07) is 3.83. The molecular formula is C11H13FO3. The summed E-state index contributed by atoms with van der Waals surface area (Å²) in [5.74, 6) is -0.609. The second-order valence-electron chi connectivity index (χ2n) is 3.78. The summed E-state index contributed by atoms with van der Waals surface area (Å²) in [4.78, 5) is 0. The Kier molecular flexibility index (Phi) is 2.88. The quantitative estimate of drug-likeness (QED) is 0.745. The maximum atomic E-state index is 13.0. The molecule has 0 amide bonds. The monoisotopic (exact) mass is 212 g/mol. The van der Waals surface area contributed by atoms with Crippen molar-refractivity contribution >= 4 is 0 Å². The first-order valence-electron chi connectivity index (χ1n) is 4.94. The van der Waals surface area contributed by atoms with Crippen LogP contribution in [0.4, 0.5) is 4.39 Å². The Morgan fingerprint density at radius 3 is 2.80 bits per heavy atom. The Bertz CT molecular complexity index is 333. The third-order valence-corrected chi connectivity index (χ3v) is 2.53. The molecule has 3 nitrogen and oxygen atoms in total. The number of phenolic OH excluding ortho intramolecular Hbond substituents is 1. The van der Waals surface area contributed by atoms with Crippen LogP contribution >= 0.6 is 0 Å². The molecule has 2 rings (SSSR count). The fourth-order valence-electron chi connectivity index (χ4n) is 1.79. The molecule has 1 aliphatic rings. The summed E-state index contributed by atoms with van der Waals surface area (Å²) >= 11 is 0. The summed E-state index contributed by atoms with van der Waals surface area (Å²) in [6.45, 7) is 0.461. The number of halogens is 1. The maximum Gasteiger partial charge on any atom is 0.127 e. The summed E-state index contributed by atoms with van der Waals surface area (Å²) < 4.78 is 18.4. The van der Waals surface area contributed by atoms with E-state index in [0.717, 1.165) is 6.07 Å². The Hall–Kier alpha value is -1.13. The molecule has 82 valence electrons. The molecule has 0 aliphatic carbocycles. The summed E-state index contributed by atoms with van der Waals surface area (Å²) in [5.41, 5.74) is 0.575. The Labute approximate surface area is 87.1 Å². The van der Waals surface area contributed by atoms with Gasteiger partial charge in [-0.05, 0) is 24.1 Å². The molecule has 2 N–H and O–H groups in total. The van der Waals surface area contributed by atoms with Gasteiger partial charge in [-0.2, -0.15) is 0 Å². The number of aliphatic hydroxyl groups excluding tert-OH is 1. The average Bonchev–Trinajstić information content (AvgIpc) is 2.16. The second kappa shape index (κ2) is 4.16. The highest BCUT2D eigenvalue weighted by Gasteiger charge is 2.22. The highest BCUT2D eigenvalue weighted by Crippen LogP contribution is 2.30. The Morgan fingerprint density at radius 2 is 2.13 bits per heavy atom. The highest BCUT2D eigenvalue weighted by molar-refractivity contribution is 5.30. The lowest BCUT2D eigenvalue weighted by Gasteiger charge is -2.26. The van der Waals surface area contributed by atoms with Crippen molar-refractivity contribution in [2.24, 2.45) is 0 Å². The predicted octanol–water partition coefficient (Wildman–Crippen LogP) is 1.74. The first-order valence-corrected chi connectivity index (χ1v) is 4.94. The minimum atomic E-state index is -0.492. The summed E-state index contributed by atoms with van der Waals surface area (Å²) in [7, 11) is 0. The number of benzene rings is 1. The fourth-order valence-corrected chi connectivity index (χ4v) is 1.79. The molecule has 1 aromatic carbocycles. The van der Waals surface area contributed by atoms with Gasteiger partial charge in [0.25, 0.3) is 0 Å². The van der Waals surface area contributed by atoms with E-state index in [0.29, 0.717) is 25.0 Å². The van der Waals surface area contributed by atoms with Crippen molar-refractivity contribution in [3.63, 3.8) is 0 Å². The van der Waals surface area contributed by atoms with Crippen LogP contribution < -0.4 is 0 Å². The zero-order valence-electron chi connectivity index (χ0n) is 8.19. The van der Waals surface area contributed by atoms with E-state index in [1.807, 2.05) is 0 Å². The van der Waals surface area contributed by atoms with Crippen LogP contribution in [0.5, 0.6) is 5.75 Å². The first kappa shape index (κ1) is 10.4. The van der Waals surface area contributed by atoms with Gasteiger partial charge in [0.15, 0.2) is 0 Å². The lowest BCUT2D eigenvalue weighted by atomic mass is 9.99. The van der Waals surface area contributed by atoms with E-state index in [9.17, 15) is 14.6 Å². The van der Waals surface area contributed by atoms with Gasteiger partial charge in [-0.1, -0.05) is 0 Å². The fraction of sp³-hybridized carbons (Fsp3) is 0.455. The molecule has 0 saturated carbocycles. The molecule has 4 heteroatoms. The van der Waals surface area contributed by atoms with E-state index >= 15 is 0 Å². The van der Waals surface area contributed by atoms with E-state index in [2.05, 4.69) is 0 Å².